The summed E-state index contributed by atoms with van der Waals surface area (Å²) in [4.78, 5) is 12.6. The lowest BCUT2D eigenvalue weighted by molar-refractivity contribution is 0.102. The molecule has 0 unspecified atom stereocenters. The van der Waals surface area contributed by atoms with Gasteiger partial charge in [0.1, 0.15) is 10.6 Å². The van der Waals surface area contributed by atoms with E-state index in [0.717, 1.165) is 0 Å². The summed E-state index contributed by atoms with van der Waals surface area (Å²) in [7, 11) is -5.88. The fraction of sp³-hybridized carbons (Fsp3) is 0.381. The third kappa shape index (κ3) is 6.21. The highest BCUT2D eigenvalue weighted by Crippen LogP contribution is 2.28. The second-order valence-corrected chi connectivity index (χ2v) is 10.7. The number of amides is 1. The Kier molecular flexibility index (Phi) is 8.65. The molecule has 0 aliphatic carbocycles. The molecule has 0 aliphatic heterocycles. The van der Waals surface area contributed by atoms with Crippen LogP contribution in [0.1, 0.15) is 37.6 Å². The average Bonchev–Trinajstić information content (AvgIpc) is 2.75. The molecule has 0 aliphatic rings. The maximum absolute atomic E-state index is 13.0. The van der Waals surface area contributed by atoms with E-state index >= 15 is 0 Å². The lowest BCUT2D eigenvalue weighted by Crippen LogP contribution is -2.31. The van der Waals surface area contributed by atoms with Crippen LogP contribution in [0.2, 0.25) is 0 Å². The van der Waals surface area contributed by atoms with Crippen molar-refractivity contribution in [2.24, 2.45) is 0 Å². The number of methoxy groups -OCH3 is 1. The maximum atomic E-state index is 13.0. The highest BCUT2D eigenvalue weighted by Gasteiger charge is 2.26. The SMILES string of the molecule is CCCS(=O)(=O)Nc1ccc(NC(=O)c2ccc(OC)c(S(=O)(=O)N(CC)CC)c2)cc1. The molecule has 0 saturated carbocycles. The summed E-state index contributed by atoms with van der Waals surface area (Å²) >= 11 is 0. The predicted octanol–water partition coefficient (Wildman–Crippen LogP) is 3.13. The van der Waals surface area contributed by atoms with Crippen LogP contribution in [-0.2, 0) is 20.0 Å². The predicted molar refractivity (Wildman–Crippen MR) is 125 cm³/mol. The molecule has 2 rings (SSSR count). The quantitative estimate of drug-likeness (QED) is 0.506. The molecule has 11 heteroatoms. The Hall–Kier alpha value is -2.63. The number of nitrogens with one attached hydrogen (secondary N) is 2. The monoisotopic (exact) mass is 483 g/mol. The third-order valence-electron chi connectivity index (χ3n) is 4.64. The largest absolute Gasteiger partial charge is 0.495 e. The standard InChI is InChI=1S/C21H29N3O6S2/c1-5-14-31(26,27)23-18-11-9-17(10-12-18)22-21(25)16-8-13-19(30-4)20(15-16)32(28,29)24(6-2)7-3/h8-13,15,23H,5-7,14H2,1-4H3,(H,22,25). The summed E-state index contributed by atoms with van der Waals surface area (Å²) in [5.41, 5.74) is 0.954. The highest BCUT2D eigenvalue weighted by molar-refractivity contribution is 7.92. The average molecular weight is 484 g/mol. The van der Waals surface area contributed by atoms with E-state index in [0.29, 0.717) is 17.8 Å². The number of benzene rings is 2. The highest BCUT2D eigenvalue weighted by atomic mass is 32.2. The number of ether oxygens (including phenoxy) is 1. The van der Waals surface area contributed by atoms with Crippen molar-refractivity contribution < 1.29 is 26.4 Å². The second kappa shape index (κ2) is 10.8. The van der Waals surface area contributed by atoms with E-state index in [9.17, 15) is 21.6 Å². The molecule has 0 heterocycles. The van der Waals surface area contributed by atoms with E-state index < -0.39 is 26.0 Å². The first-order valence-corrected chi connectivity index (χ1v) is 13.3. The van der Waals surface area contributed by atoms with Gasteiger partial charge >= 0.3 is 0 Å². The minimum Gasteiger partial charge on any atom is -0.495 e. The van der Waals surface area contributed by atoms with Gasteiger partial charge in [-0.2, -0.15) is 4.31 Å². The van der Waals surface area contributed by atoms with Crippen LogP contribution in [0.4, 0.5) is 11.4 Å². The summed E-state index contributed by atoms with van der Waals surface area (Å²) in [6, 6.07) is 10.4. The first-order valence-electron chi connectivity index (χ1n) is 10.2. The second-order valence-electron chi connectivity index (χ2n) is 6.91. The zero-order chi connectivity index (χ0) is 23.9. The van der Waals surface area contributed by atoms with Crippen LogP contribution in [-0.4, -0.2) is 53.0 Å². The zero-order valence-electron chi connectivity index (χ0n) is 18.6. The fourth-order valence-electron chi connectivity index (χ4n) is 3.05. The minimum atomic E-state index is -3.84. The number of hydrogen-bond donors (Lipinski definition) is 2. The van der Waals surface area contributed by atoms with Crippen LogP contribution < -0.4 is 14.8 Å². The summed E-state index contributed by atoms with van der Waals surface area (Å²) in [6.07, 6.45) is 0.497. The van der Waals surface area contributed by atoms with Crippen molar-refractivity contribution in [1.29, 1.82) is 0 Å². The van der Waals surface area contributed by atoms with Gasteiger partial charge in [-0.3, -0.25) is 9.52 Å². The molecule has 2 aromatic carbocycles. The molecule has 0 spiro atoms. The summed E-state index contributed by atoms with van der Waals surface area (Å²) in [6.45, 7) is 5.81. The number of rotatable bonds is 11. The Morgan fingerprint density at radius 1 is 0.938 bits per heavy atom. The molecule has 0 fully saturated rings. The van der Waals surface area contributed by atoms with Crippen LogP contribution in [0.5, 0.6) is 5.75 Å². The number of hydrogen-bond acceptors (Lipinski definition) is 6. The lowest BCUT2D eigenvalue weighted by Gasteiger charge is -2.20. The van der Waals surface area contributed by atoms with Crippen LogP contribution >= 0.6 is 0 Å². The molecule has 0 saturated heterocycles. The van der Waals surface area contributed by atoms with E-state index in [-0.39, 0.29) is 35.1 Å². The van der Waals surface area contributed by atoms with E-state index in [1.54, 1.807) is 32.9 Å². The van der Waals surface area contributed by atoms with Gasteiger partial charge in [0.05, 0.1) is 12.9 Å². The number of sulfonamides is 2. The van der Waals surface area contributed by atoms with Gasteiger partial charge in [0, 0.05) is 30.0 Å². The van der Waals surface area contributed by atoms with Gasteiger partial charge in [-0.15, -0.1) is 0 Å². The minimum absolute atomic E-state index is 0.0156. The van der Waals surface area contributed by atoms with Gasteiger partial charge in [-0.25, -0.2) is 16.8 Å². The van der Waals surface area contributed by atoms with Gasteiger partial charge in [0.2, 0.25) is 20.0 Å². The molecule has 2 aromatic rings. The van der Waals surface area contributed by atoms with Crippen LogP contribution in [0.15, 0.2) is 47.4 Å². The van der Waals surface area contributed by atoms with Gasteiger partial charge in [-0.05, 0) is 48.9 Å². The third-order valence-corrected chi connectivity index (χ3v) is 8.20. The Bertz CT molecular complexity index is 1140. The number of carbonyl (C=O) groups excluding carboxylic acids is 1. The molecule has 1 amide bonds. The van der Waals surface area contributed by atoms with Crippen molar-refractivity contribution >= 4 is 37.3 Å². The number of carbonyl (C=O) groups is 1. The first kappa shape index (κ1) is 25.6. The summed E-state index contributed by atoms with van der Waals surface area (Å²) in [5, 5.41) is 2.68. The van der Waals surface area contributed by atoms with E-state index in [1.165, 1.54) is 41.7 Å². The molecule has 0 bridgehead atoms. The van der Waals surface area contributed by atoms with E-state index in [2.05, 4.69) is 10.0 Å². The summed E-state index contributed by atoms with van der Waals surface area (Å²) < 4.78 is 58.6. The Morgan fingerprint density at radius 3 is 2.06 bits per heavy atom. The molecule has 0 aromatic heterocycles. The molecule has 32 heavy (non-hydrogen) atoms. The van der Waals surface area contributed by atoms with Gasteiger partial charge in [0.25, 0.3) is 5.91 Å². The van der Waals surface area contributed by atoms with E-state index in [4.69, 9.17) is 4.74 Å². The number of nitrogens with zero attached hydrogens (tertiary/aromatic N) is 1. The first-order chi connectivity index (χ1) is 15.1. The van der Waals surface area contributed by atoms with Crippen molar-refractivity contribution in [3.63, 3.8) is 0 Å². The molecule has 2 N–H and O–H groups in total. The molecule has 0 atom stereocenters. The van der Waals surface area contributed by atoms with Gasteiger partial charge < -0.3 is 10.1 Å². The van der Waals surface area contributed by atoms with Gasteiger partial charge in [0.15, 0.2) is 0 Å². The van der Waals surface area contributed by atoms with Crippen molar-refractivity contribution in [2.45, 2.75) is 32.1 Å². The van der Waals surface area contributed by atoms with Crippen LogP contribution in [0, 0.1) is 0 Å². The van der Waals surface area contributed by atoms with Crippen LogP contribution in [0.3, 0.4) is 0 Å². The Morgan fingerprint density at radius 2 is 1.53 bits per heavy atom. The topological polar surface area (TPSA) is 122 Å². The van der Waals surface area contributed by atoms with Crippen molar-refractivity contribution in [2.75, 3.05) is 36.0 Å². The molecular formula is C21H29N3O6S2. The zero-order valence-corrected chi connectivity index (χ0v) is 20.2. The smallest absolute Gasteiger partial charge is 0.255 e. The maximum Gasteiger partial charge on any atom is 0.255 e. The summed E-state index contributed by atoms with van der Waals surface area (Å²) in [5.74, 6) is -0.345. The van der Waals surface area contributed by atoms with Crippen LogP contribution in [0.25, 0.3) is 0 Å². The number of anilines is 2. The van der Waals surface area contributed by atoms with Crippen molar-refractivity contribution in [3.8, 4) is 5.75 Å². The fourth-order valence-corrected chi connectivity index (χ4v) is 5.82. The van der Waals surface area contributed by atoms with E-state index in [1.807, 2.05) is 0 Å². The van der Waals surface area contributed by atoms with Crippen molar-refractivity contribution in [1.82, 2.24) is 4.31 Å². The van der Waals surface area contributed by atoms with Gasteiger partial charge in [-0.1, -0.05) is 20.8 Å². The van der Waals surface area contributed by atoms with Crippen molar-refractivity contribution in [3.05, 3.63) is 48.0 Å². The Labute approximate surface area is 189 Å². The molecule has 176 valence electrons. The molecule has 0 radical (unpaired) electrons. The molecule has 9 nitrogen and oxygen atoms in total. The normalized spacial score (nSPS) is 11.9. The molecular weight excluding hydrogens is 454 g/mol. The lowest BCUT2D eigenvalue weighted by atomic mass is 10.2. The Balaban J connectivity index is 2.25.